The zero-order chi connectivity index (χ0) is 16.7. The first kappa shape index (κ1) is 17.9. The van der Waals surface area contributed by atoms with E-state index in [4.69, 9.17) is 5.26 Å². The topological polar surface area (TPSA) is 27.0 Å². The molecule has 0 atom stereocenters. The summed E-state index contributed by atoms with van der Waals surface area (Å²) in [7, 11) is 0. The molecule has 0 spiro atoms. The lowest BCUT2D eigenvalue weighted by Gasteiger charge is -2.27. The third kappa shape index (κ3) is 5.29. The van der Waals surface area contributed by atoms with Gasteiger partial charge in [-0.2, -0.15) is 18.4 Å². The molecule has 0 fully saturated rings. The molecule has 0 unspecified atom stereocenters. The van der Waals surface area contributed by atoms with E-state index in [-0.39, 0.29) is 0 Å². The highest BCUT2D eigenvalue weighted by atomic mass is 32.2. The van der Waals surface area contributed by atoms with E-state index >= 15 is 0 Å². The second-order valence-corrected chi connectivity index (χ2v) is 6.49. The lowest BCUT2D eigenvalue weighted by atomic mass is 9.94. The first-order valence-corrected chi connectivity index (χ1v) is 8.70. The quantitative estimate of drug-likeness (QED) is 0.716. The Hall–Kier alpha value is -1.45. The van der Waals surface area contributed by atoms with Crippen molar-refractivity contribution in [3.8, 4) is 6.07 Å². The maximum Gasteiger partial charge on any atom is 0.416 e. The number of nitriles is 1. The van der Waals surface area contributed by atoms with Gasteiger partial charge >= 0.3 is 6.18 Å². The molecule has 1 heterocycles. The normalized spacial score (nSPS) is 16.0. The van der Waals surface area contributed by atoms with Crippen LogP contribution in [0.25, 0.3) is 5.57 Å². The number of thioether (sulfide) groups is 1. The van der Waals surface area contributed by atoms with Crippen LogP contribution in [0.1, 0.15) is 24.0 Å². The Morgan fingerprint density at radius 1 is 1.26 bits per heavy atom. The molecule has 0 saturated heterocycles. The van der Waals surface area contributed by atoms with E-state index in [9.17, 15) is 13.2 Å². The van der Waals surface area contributed by atoms with Gasteiger partial charge in [0.25, 0.3) is 0 Å². The molecular formula is C17H19F3N2S. The van der Waals surface area contributed by atoms with Crippen molar-refractivity contribution in [1.29, 1.82) is 5.26 Å². The molecule has 0 N–H and O–H groups in total. The molecule has 1 aromatic carbocycles. The van der Waals surface area contributed by atoms with Crippen LogP contribution in [0.2, 0.25) is 0 Å². The predicted molar refractivity (Wildman–Crippen MR) is 88.0 cm³/mol. The van der Waals surface area contributed by atoms with Crippen LogP contribution in [0.4, 0.5) is 13.2 Å². The van der Waals surface area contributed by atoms with Crippen LogP contribution in [-0.2, 0) is 6.18 Å². The number of alkyl halides is 3. The van der Waals surface area contributed by atoms with E-state index in [2.05, 4.69) is 11.0 Å². The van der Waals surface area contributed by atoms with E-state index in [1.165, 1.54) is 6.07 Å². The van der Waals surface area contributed by atoms with E-state index in [0.29, 0.717) is 24.3 Å². The van der Waals surface area contributed by atoms with Crippen LogP contribution < -0.4 is 0 Å². The fraction of sp³-hybridized carbons (Fsp3) is 0.471. The standard InChI is InChI=1S/C17H19F3N2S/c18-17(19,20)16-5-2-1-4-15(16)14-6-10-22(11-7-14)9-3-12-23-13-8-21/h1-2,4-6H,3,7,9-13H2. The van der Waals surface area contributed by atoms with E-state index in [1.54, 1.807) is 23.9 Å². The van der Waals surface area contributed by atoms with Gasteiger partial charge in [-0.05, 0) is 42.3 Å². The Balaban J connectivity index is 1.94. The molecule has 0 bridgehead atoms. The third-order valence-electron chi connectivity index (χ3n) is 3.80. The number of benzene rings is 1. The van der Waals surface area contributed by atoms with Crippen LogP contribution in [0.5, 0.6) is 0 Å². The summed E-state index contributed by atoms with van der Waals surface area (Å²) in [5.74, 6) is 1.45. The summed E-state index contributed by atoms with van der Waals surface area (Å²) in [5, 5.41) is 8.46. The van der Waals surface area contributed by atoms with Crippen molar-refractivity contribution in [1.82, 2.24) is 4.90 Å². The Bertz CT molecular complexity index is 590. The summed E-state index contributed by atoms with van der Waals surface area (Å²) in [4.78, 5) is 2.24. The van der Waals surface area contributed by atoms with E-state index in [0.717, 1.165) is 36.9 Å². The van der Waals surface area contributed by atoms with Crippen LogP contribution in [-0.4, -0.2) is 36.0 Å². The first-order chi connectivity index (χ1) is 11.0. The van der Waals surface area contributed by atoms with Crippen molar-refractivity contribution in [2.45, 2.75) is 19.0 Å². The van der Waals surface area contributed by atoms with Gasteiger partial charge in [-0.25, -0.2) is 0 Å². The average Bonchev–Trinajstić information content (AvgIpc) is 2.54. The zero-order valence-corrected chi connectivity index (χ0v) is 13.6. The molecule has 0 saturated carbocycles. The number of hydrogen-bond acceptors (Lipinski definition) is 3. The molecule has 6 heteroatoms. The minimum atomic E-state index is -4.31. The Labute approximate surface area is 139 Å². The third-order valence-corrected chi connectivity index (χ3v) is 4.71. The molecule has 2 rings (SSSR count). The average molecular weight is 340 g/mol. The van der Waals surface area contributed by atoms with Gasteiger partial charge in [0.05, 0.1) is 17.4 Å². The first-order valence-electron chi connectivity index (χ1n) is 7.55. The van der Waals surface area contributed by atoms with Gasteiger partial charge in [-0.3, -0.25) is 4.90 Å². The number of nitrogens with zero attached hydrogens (tertiary/aromatic N) is 2. The van der Waals surface area contributed by atoms with Gasteiger partial charge in [-0.1, -0.05) is 24.3 Å². The lowest BCUT2D eigenvalue weighted by molar-refractivity contribution is -0.137. The van der Waals surface area contributed by atoms with Crippen LogP contribution in [0, 0.1) is 11.3 Å². The van der Waals surface area contributed by atoms with Crippen molar-refractivity contribution >= 4 is 17.3 Å². The molecule has 1 aliphatic heterocycles. The molecular weight excluding hydrogens is 321 g/mol. The minimum Gasteiger partial charge on any atom is -0.299 e. The summed E-state index contributed by atoms with van der Waals surface area (Å²) in [6.45, 7) is 2.38. The van der Waals surface area contributed by atoms with Gasteiger partial charge in [0.15, 0.2) is 0 Å². The van der Waals surface area contributed by atoms with Crippen LogP contribution in [0.15, 0.2) is 30.3 Å². The predicted octanol–water partition coefficient (Wildman–Crippen LogP) is 4.44. The summed E-state index contributed by atoms with van der Waals surface area (Å²) in [6.07, 6.45) is -0.768. The molecule has 23 heavy (non-hydrogen) atoms. The van der Waals surface area contributed by atoms with Gasteiger partial charge in [0.1, 0.15) is 0 Å². The summed E-state index contributed by atoms with van der Waals surface area (Å²) in [6, 6.07) is 7.89. The van der Waals surface area contributed by atoms with E-state index in [1.807, 2.05) is 6.08 Å². The SMILES string of the molecule is N#CCSCCCN1CC=C(c2ccccc2C(F)(F)F)CC1. The molecule has 0 aliphatic carbocycles. The van der Waals surface area contributed by atoms with Crippen LogP contribution in [0.3, 0.4) is 0 Å². The second-order valence-electron chi connectivity index (χ2n) is 5.39. The van der Waals surface area contributed by atoms with Crippen molar-refractivity contribution in [2.75, 3.05) is 31.1 Å². The second kappa shape index (κ2) is 8.42. The molecule has 0 aromatic heterocycles. The van der Waals surface area contributed by atoms with Crippen molar-refractivity contribution < 1.29 is 13.2 Å². The largest absolute Gasteiger partial charge is 0.416 e. The highest BCUT2D eigenvalue weighted by Crippen LogP contribution is 2.36. The maximum atomic E-state index is 13.1. The van der Waals surface area contributed by atoms with Gasteiger partial charge < -0.3 is 0 Å². The molecule has 0 radical (unpaired) electrons. The zero-order valence-electron chi connectivity index (χ0n) is 12.8. The van der Waals surface area contributed by atoms with Crippen molar-refractivity contribution in [3.63, 3.8) is 0 Å². The fourth-order valence-electron chi connectivity index (χ4n) is 2.68. The van der Waals surface area contributed by atoms with Gasteiger partial charge in [-0.15, -0.1) is 11.8 Å². The molecule has 1 aliphatic rings. The Kier molecular flexibility index (Phi) is 6.55. The van der Waals surface area contributed by atoms with Crippen molar-refractivity contribution in [3.05, 3.63) is 41.5 Å². The van der Waals surface area contributed by atoms with Gasteiger partial charge in [0, 0.05) is 13.1 Å². The van der Waals surface area contributed by atoms with Crippen LogP contribution >= 0.6 is 11.8 Å². The number of rotatable bonds is 6. The molecule has 124 valence electrons. The van der Waals surface area contributed by atoms with Crippen molar-refractivity contribution in [2.24, 2.45) is 0 Å². The number of hydrogen-bond donors (Lipinski definition) is 0. The minimum absolute atomic E-state index is 0.309. The molecule has 2 nitrogen and oxygen atoms in total. The Morgan fingerprint density at radius 2 is 2.04 bits per heavy atom. The highest BCUT2D eigenvalue weighted by Gasteiger charge is 2.33. The molecule has 0 amide bonds. The smallest absolute Gasteiger partial charge is 0.299 e. The van der Waals surface area contributed by atoms with E-state index < -0.39 is 11.7 Å². The fourth-order valence-corrected chi connectivity index (χ4v) is 3.25. The summed E-state index contributed by atoms with van der Waals surface area (Å²) in [5.41, 5.74) is 0.546. The summed E-state index contributed by atoms with van der Waals surface area (Å²) >= 11 is 1.62. The lowest BCUT2D eigenvalue weighted by Crippen LogP contribution is -2.30. The number of halogens is 3. The maximum absolute atomic E-state index is 13.1. The van der Waals surface area contributed by atoms with Gasteiger partial charge in [0.2, 0.25) is 0 Å². The monoisotopic (exact) mass is 340 g/mol. The highest BCUT2D eigenvalue weighted by molar-refractivity contribution is 7.99. The Morgan fingerprint density at radius 3 is 2.70 bits per heavy atom. The summed E-state index contributed by atoms with van der Waals surface area (Å²) < 4.78 is 39.3. The molecule has 1 aromatic rings.